The van der Waals surface area contributed by atoms with E-state index >= 15 is 0 Å². The highest BCUT2D eigenvalue weighted by molar-refractivity contribution is 6.14. The molecule has 0 bridgehead atoms. The number of nitrogens with zero attached hydrogens (tertiary/aromatic N) is 2. The lowest BCUT2D eigenvalue weighted by molar-refractivity contribution is 0.352. The monoisotopic (exact) mass is 390 g/mol. The van der Waals surface area contributed by atoms with Crippen LogP contribution in [0.5, 0.6) is 11.5 Å². The van der Waals surface area contributed by atoms with Crippen LogP contribution >= 0.6 is 0 Å². The molecule has 4 nitrogen and oxygen atoms in total. The summed E-state index contributed by atoms with van der Waals surface area (Å²) in [7, 11) is 5.35. The van der Waals surface area contributed by atoms with Gasteiger partial charge in [0.2, 0.25) is 0 Å². The van der Waals surface area contributed by atoms with E-state index in [-0.39, 0.29) is 0 Å². The molecule has 3 rings (SSSR count). The van der Waals surface area contributed by atoms with Crippen LogP contribution in [0.15, 0.2) is 41.5 Å². The molecule has 0 spiro atoms. The molecule has 4 heteroatoms. The molecule has 1 heterocycles. The van der Waals surface area contributed by atoms with Crippen molar-refractivity contribution in [3.05, 3.63) is 58.7 Å². The Morgan fingerprint density at radius 1 is 1.03 bits per heavy atom. The highest BCUT2D eigenvalue weighted by Crippen LogP contribution is 2.33. The third-order valence-electron chi connectivity index (χ3n) is 5.14. The summed E-state index contributed by atoms with van der Waals surface area (Å²) in [5.74, 6) is 8.02. The number of hydrazone groups is 1. The van der Waals surface area contributed by atoms with Gasteiger partial charge in [-0.1, -0.05) is 43.7 Å². The quantitative estimate of drug-likeness (QED) is 0.521. The van der Waals surface area contributed by atoms with Gasteiger partial charge in [0, 0.05) is 36.7 Å². The molecule has 1 aliphatic heterocycles. The van der Waals surface area contributed by atoms with E-state index < -0.39 is 0 Å². The van der Waals surface area contributed by atoms with Crippen molar-refractivity contribution in [1.82, 2.24) is 5.01 Å². The van der Waals surface area contributed by atoms with E-state index in [4.69, 9.17) is 14.6 Å². The van der Waals surface area contributed by atoms with E-state index in [1.54, 1.807) is 14.2 Å². The average molecular weight is 391 g/mol. The van der Waals surface area contributed by atoms with E-state index in [1.807, 2.05) is 18.1 Å². The first-order valence-electron chi connectivity index (χ1n) is 10.3. The molecule has 0 aliphatic carbocycles. The summed E-state index contributed by atoms with van der Waals surface area (Å²) < 4.78 is 11.0. The fourth-order valence-corrected chi connectivity index (χ4v) is 3.46. The number of rotatable bonds is 6. The summed E-state index contributed by atoms with van der Waals surface area (Å²) in [6, 6.07) is 12.5. The Hall–Kier alpha value is -2.93. The second-order valence-electron chi connectivity index (χ2n) is 7.28. The van der Waals surface area contributed by atoms with Crippen molar-refractivity contribution in [2.24, 2.45) is 5.10 Å². The van der Waals surface area contributed by atoms with Crippen molar-refractivity contribution in [2.45, 2.75) is 39.0 Å². The van der Waals surface area contributed by atoms with E-state index in [2.05, 4.69) is 49.1 Å². The van der Waals surface area contributed by atoms with E-state index in [1.165, 1.54) is 24.8 Å². The second kappa shape index (κ2) is 10.0. The predicted octanol–water partition coefficient (Wildman–Crippen LogP) is 4.88. The van der Waals surface area contributed by atoms with Crippen molar-refractivity contribution >= 4 is 5.71 Å². The number of benzene rings is 2. The maximum Gasteiger partial charge on any atom is 0.161 e. The first-order valence-corrected chi connectivity index (χ1v) is 10.3. The van der Waals surface area contributed by atoms with E-state index in [0.717, 1.165) is 53.3 Å². The Bertz CT molecular complexity index is 920. The summed E-state index contributed by atoms with van der Waals surface area (Å²) in [5, 5.41) is 6.86. The predicted molar refractivity (Wildman–Crippen MR) is 119 cm³/mol. The minimum atomic E-state index is 0.720. The molecule has 0 aromatic heterocycles. The van der Waals surface area contributed by atoms with Gasteiger partial charge in [-0.3, -0.25) is 5.01 Å². The minimum absolute atomic E-state index is 0.720. The van der Waals surface area contributed by atoms with Gasteiger partial charge in [0.05, 0.1) is 19.9 Å². The number of unbranched alkanes of at least 4 members (excludes halogenated alkanes) is 3. The van der Waals surface area contributed by atoms with Crippen LogP contribution < -0.4 is 9.47 Å². The highest BCUT2D eigenvalue weighted by Gasteiger charge is 2.20. The number of fused-ring (bicyclic) bond motifs is 1. The average Bonchev–Trinajstić information content (AvgIpc) is 2.91. The normalized spacial score (nSPS) is 13.0. The van der Waals surface area contributed by atoms with Crippen LogP contribution in [0.25, 0.3) is 0 Å². The largest absolute Gasteiger partial charge is 0.493 e. The Morgan fingerprint density at radius 2 is 1.76 bits per heavy atom. The van der Waals surface area contributed by atoms with E-state index in [0.29, 0.717) is 0 Å². The molecule has 0 fully saturated rings. The minimum Gasteiger partial charge on any atom is -0.493 e. The number of hydrogen-bond donors (Lipinski definition) is 0. The molecular formula is C25H30N2O2. The topological polar surface area (TPSA) is 34.1 Å². The lowest BCUT2D eigenvalue weighted by Crippen LogP contribution is -2.14. The summed E-state index contributed by atoms with van der Waals surface area (Å²) in [4.78, 5) is 0. The molecule has 0 saturated heterocycles. The van der Waals surface area contributed by atoms with Gasteiger partial charge in [-0.2, -0.15) is 5.10 Å². The molecule has 1 aliphatic rings. The molecule has 0 N–H and O–H groups in total. The molecule has 0 radical (unpaired) electrons. The van der Waals surface area contributed by atoms with Gasteiger partial charge in [-0.15, -0.1) is 0 Å². The van der Waals surface area contributed by atoms with Crippen molar-refractivity contribution in [3.8, 4) is 23.3 Å². The van der Waals surface area contributed by atoms with Crippen LogP contribution in [0, 0.1) is 11.8 Å². The summed E-state index contributed by atoms with van der Waals surface area (Å²) in [6.45, 7) is 3.07. The first kappa shape index (κ1) is 20.8. The van der Waals surface area contributed by atoms with Gasteiger partial charge < -0.3 is 9.47 Å². The molecule has 2 aromatic rings. The molecule has 0 atom stereocenters. The number of likely N-dealkylation sites (N-methyl/N-ethyl adjacent to an activating group) is 1. The molecule has 0 unspecified atom stereocenters. The van der Waals surface area contributed by atoms with Crippen molar-refractivity contribution in [2.75, 3.05) is 27.8 Å². The molecule has 2 aromatic carbocycles. The Morgan fingerprint density at radius 3 is 2.45 bits per heavy atom. The molecule has 0 amide bonds. The number of methoxy groups -OCH3 is 2. The van der Waals surface area contributed by atoms with Crippen LogP contribution in [0.2, 0.25) is 0 Å². The molecular weight excluding hydrogens is 360 g/mol. The van der Waals surface area contributed by atoms with Crippen LogP contribution in [0.3, 0.4) is 0 Å². The van der Waals surface area contributed by atoms with Crippen LogP contribution in [0.4, 0.5) is 0 Å². The van der Waals surface area contributed by atoms with Gasteiger partial charge in [0.15, 0.2) is 11.5 Å². The Labute approximate surface area is 174 Å². The SMILES string of the molecule is CCCCCC#Cc1ccc(C2=NN(C)CCc3cc(OC)c(OC)cc32)cc1. The molecule has 29 heavy (non-hydrogen) atoms. The zero-order valence-corrected chi connectivity index (χ0v) is 17.9. The lowest BCUT2D eigenvalue weighted by atomic mass is 9.95. The molecule has 0 saturated carbocycles. The third kappa shape index (κ3) is 5.12. The second-order valence-corrected chi connectivity index (χ2v) is 7.28. The summed E-state index contributed by atoms with van der Waals surface area (Å²) in [6.07, 6.45) is 5.51. The van der Waals surface area contributed by atoms with E-state index in [9.17, 15) is 0 Å². The van der Waals surface area contributed by atoms with Gasteiger partial charge >= 0.3 is 0 Å². The molecule has 152 valence electrons. The zero-order valence-electron chi connectivity index (χ0n) is 17.9. The standard InChI is InChI=1S/C25H30N2O2/c1-5-6-7-8-9-10-19-11-13-20(14-12-19)25-22-18-24(29-4)23(28-3)17-21(22)15-16-27(2)26-25/h11-14,17-18H,5-8,15-16H2,1-4H3. The van der Waals surface area contributed by atoms with Crippen molar-refractivity contribution < 1.29 is 9.47 Å². The maximum absolute atomic E-state index is 5.53. The zero-order chi connectivity index (χ0) is 20.6. The fraction of sp³-hybridized carbons (Fsp3) is 0.400. The lowest BCUT2D eigenvalue weighted by Gasteiger charge is -2.14. The number of ether oxygens (including phenoxy) is 2. The van der Waals surface area contributed by atoms with Crippen molar-refractivity contribution in [3.63, 3.8) is 0 Å². The Kier molecular flexibility index (Phi) is 7.19. The van der Waals surface area contributed by atoms with Crippen LogP contribution in [0.1, 0.15) is 54.9 Å². The van der Waals surface area contributed by atoms with Gasteiger partial charge in [0.1, 0.15) is 0 Å². The first-order chi connectivity index (χ1) is 14.2. The fourth-order valence-electron chi connectivity index (χ4n) is 3.46. The van der Waals surface area contributed by atoms with Gasteiger partial charge in [-0.05, 0) is 42.7 Å². The van der Waals surface area contributed by atoms with Crippen molar-refractivity contribution in [1.29, 1.82) is 0 Å². The maximum atomic E-state index is 5.53. The summed E-state index contributed by atoms with van der Waals surface area (Å²) in [5.41, 5.74) is 5.36. The number of hydrogen-bond acceptors (Lipinski definition) is 4. The van der Waals surface area contributed by atoms with Gasteiger partial charge in [-0.25, -0.2) is 0 Å². The summed E-state index contributed by atoms with van der Waals surface area (Å²) >= 11 is 0. The van der Waals surface area contributed by atoms with Gasteiger partial charge in [0.25, 0.3) is 0 Å². The Balaban J connectivity index is 1.91. The smallest absolute Gasteiger partial charge is 0.161 e. The van der Waals surface area contributed by atoms with Crippen LogP contribution in [-0.4, -0.2) is 38.5 Å². The van der Waals surface area contributed by atoms with Crippen LogP contribution in [-0.2, 0) is 6.42 Å². The highest BCUT2D eigenvalue weighted by atomic mass is 16.5. The third-order valence-corrected chi connectivity index (χ3v) is 5.14.